The van der Waals surface area contributed by atoms with Crippen molar-refractivity contribution in [3.05, 3.63) is 99.6 Å². The highest BCUT2D eigenvalue weighted by atomic mass is 16.6. The van der Waals surface area contributed by atoms with Crippen molar-refractivity contribution in [3.8, 4) is 0 Å². The molecule has 0 saturated heterocycles. The quantitative estimate of drug-likeness (QED) is 0.470. The molecule has 0 spiro atoms. The maximum atomic E-state index is 13.2. The highest BCUT2D eigenvalue weighted by Gasteiger charge is 2.31. The summed E-state index contributed by atoms with van der Waals surface area (Å²) >= 11 is 0. The van der Waals surface area contributed by atoms with Gasteiger partial charge in [0.1, 0.15) is 0 Å². The standard InChI is InChI=1S/C24H21N5O4/c1-15-12-13-17(29(32)33)14-19(15)25-24(31)27-22-23(30)28(2)20-11-7-6-10-18(20)21(26-22)16-8-4-3-5-9-16/h3-14,22H,1-2H3,(H2,25,27,31)/t22-/m0/s1. The van der Waals surface area contributed by atoms with Gasteiger partial charge in [-0.3, -0.25) is 14.9 Å². The Hall–Kier alpha value is -4.53. The lowest BCUT2D eigenvalue weighted by atomic mass is 10.0. The van der Waals surface area contributed by atoms with E-state index < -0.39 is 23.0 Å². The number of nitro benzene ring substituents is 1. The van der Waals surface area contributed by atoms with E-state index in [0.29, 0.717) is 17.0 Å². The molecule has 0 aromatic heterocycles. The summed E-state index contributed by atoms with van der Waals surface area (Å²) in [6.07, 6.45) is -1.20. The second-order valence-electron chi connectivity index (χ2n) is 7.52. The summed E-state index contributed by atoms with van der Waals surface area (Å²) in [5, 5.41) is 16.3. The molecule has 0 unspecified atom stereocenters. The van der Waals surface area contributed by atoms with Gasteiger partial charge in [-0.2, -0.15) is 0 Å². The number of rotatable bonds is 4. The van der Waals surface area contributed by atoms with Crippen LogP contribution < -0.4 is 15.5 Å². The largest absolute Gasteiger partial charge is 0.321 e. The maximum Gasteiger partial charge on any atom is 0.321 e. The van der Waals surface area contributed by atoms with Crippen LogP contribution in [0.3, 0.4) is 0 Å². The molecule has 1 aliphatic heterocycles. The first-order valence-electron chi connectivity index (χ1n) is 10.2. The van der Waals surface area contributed by atoms with Crippen LogP contribution in [0.4, 0.5) is 21.9 Å². The van der Waals surface area contributed by atoms with Crippen molar-refractivity contribution in [3.63, 3.8) is 0 Å². The number of nitro groups is 1. The predicted octanol–water partition coefficient (Wildman–Crippen LogP) is 3.86. The number of nitrogens with one attached hydrogen (secondary N) is 2. The number of non-ortho nitro benzene ring substituents is 1. The minimum Gasteiger partial charge on any atom is -0.311 e. The Morgan fingerprint density at radius 2 is 1.76 bits per heavy atom. The molecule has 33 heavy (non-hydrogen) atoms. The average molecular weight is 443 g/mol. The zero-order chi connectivity index (χ0) is 23.5. The molecule has 166 valence electrons. The Morgan fingerprint density at radius 3 is 2.48 bits per heavy atom. The molecule has 1 aliphatic rings. The summed E-state index contributed by atoms with van der Waals surface area (Å²) < 4.78 is 0. The Balaban J connectivity index is 1.67. The topological polar surface area (TPSA) is 117 Å². The fourth-order valence-electron chi connectivity index (χ4n) is 3.58. The number of para-hydroxylation sites is 1. The molecule has 2 N–H and O–H groups in total. The second kappa shape index (κ2) is 8.91. The lowest BCUT2D eigenvalue weighted by molar-refractivity contribution is -0.384. The third-order valence-electron chi connectivity index (χ3n) is 5.34. The molecule has 3 aromatic rings. The molecule has 0 fully saturated rings. The fraction of sp³-hybridized carbons (Fsp3) is 0.125. The summed E-state index contributed by atoms with van der Waals surface area (Å²) in [6.45, 7) is 1.71. The first kappa shape index (κ1) is 21.7. The van der Waals surface area contributed by atoms with Crippen LogP contribution in [0.5, 0.6) is 0 Å². The number of nitrogens with zero attached hydrogens (tertiary/aromatic N) is 3. The number of fused-ring (bicyclic) bond motifs is 1. The summed E-state index contributed by atoms with van der Waals surface area (Å²) in [5.74, 6) is -0.417. The highest BCUT2D eigenvalue weighted by Crippen LogP contribution is 2.27. The van der Waals surface area contributed by atoms with Crippen LogP contribution in [-0.2, 0) is 4.79 Å². The third kappa shape index (κ3) is 4.42. The number of hydrogen-bond acceptors (Lipinski definition) is 5. The summed E-state index contributed by atoms with van der Waals surface area (Å²) in [5.41, 5.74) is 3.56. The van der Waals surface area contributed by atoms with Crippen molar-refractivity contribution in [1.82, 2.24) is 5.32 Å². The average Bonchev–Trinajstić information content (AvgIpc) is 2.91. The number of benzene rings is 3. The maximum absolute atomic E-state index is 13.2. The molecule has 4 rings (SSSR count). The fourth-order valence-corrected chi connectivity index (χ4v) is 3.58. The van der Waals surface area contributed by atoms with E-state index in [1.807, 2.05) is 54.6 Å². The van der Waals surface area contributed by atoms with Gasteiger partial charge in [0.25, 0.3) is 11.6 Å². The van der Waals surface area contributed by atoms with Crippen LogP contribution in [0.15, 0.2) is 77.8 Å². The van der Waals surface area contributed by atoms with Gasteiger partial charge in [-0.15, -0.1) is 0 Å². The number of carbonyl (C=O) groups excluding carboxylic acids is 2. The molecule has 3 aromatic carbocycles. The van der Waals surface area contributed by atoms with E-state index >= 15 is 0 Å². The molecule has 1 atom stereocenters. The van der Waals surface area contributed by atoms with Gasteiger partial charge in [-0.1, -0.05) is 54.6 Å². The molecule has 0 saturated carbocycles. The van der Waals surface area contributed by atoms with E-state index in [-0.39, 0.29) is 11.4 Å². The van der Waals surface area contributed by atoms with E-state index in [0.717, 1.165) is 11.1 Å². The number of hydrogen-bond donors (Lipinski definition) is 2. The van der Waals surface area contributed by atoms with Crippen molar-refractivity contribution < 1.29 is 14.5 Å². The number of aliphatic imine (C=N–C) groups is 1. The number of carbonyl (C=O) groups is 2. The van der Waals surface area contributed by atoms with E-state index in [4.69, 9.17) is 0 Å². The predicted molar refractivity (Wildman–Crippen MR) is 126 cm³/mol. The smallest absolute Gasteiger partial charge is 0.311 e. The van der Waals surface area contributed by atoms with Crippen LogP contribution >= 0.6 is 0 Å². The zero-order valence-electron chi connectivity index (χ0n) is 18.0. The molecule has 1 heterocycles. The number of urea groups is 1. The molecule has 9 heteroatoms. The molecule has 9 nitrogen and oxygen atoms in total. The van der Waals surface area contributed by atoms with Crippen molar-refractivity contribution in [2.24, 2.45) is 4.99 Å². The van der Waals surface area contributed by atoms with Crippen LogP contribution in [0.2, 0.25) is 0 Å². The van der Waals surface area contributed by atoms with Crippen LogP contribution in [0, 0.1) is 17.0 Å². The Bertz CT molecular complexity index is 1270. The van der Waals surface area contributed by atoms with Crippen molar-refractivity contribution >= 4 is 34.7 Å². The van der Waals surface area contributed by atoms with E-state index in [2.05, 4.69) is 15.6 Å². The molecule has 0 radical (unpaired) electrons. The van der Waals surface area contributed by atoms with Gasteiger partial charge in [-0.05, 0) is 18.6 Å². The third-order valence-corrected chi connectivity index (χ3v) is 5.34. The number of aryl methyl sites for hydroxylation is 1. The first-order valence-corrected chi connectivity index (χ1v) is 10.2. The van der Waals surface area contributed by atoms with Crippen LogP contribution in [-0.4, -0.2) is 35.8 Å². The monoisotopic (exact) mass is 443 g/mol. The van der Waals surface area contributed by atoms with Crippen LogP contribution in [0.25, 0.3) is 0 Å². The summed E-state index contributed by atoms with van der Waals surface area (Å²) in [7, 11) is 1.63. The Labute approximate surface area is 189 Å². The highest BCUT2D eigenvalue weighted by molar-refractivity contribution is 6.20. The Morgan fingerprint density at radius 1 is 1.06 bits per heavy atom. The second-order valence-corrected chi connectivity index (χ2v) is 7.52. The van der Waals surface area contributed by atoms with Gasteiger partial charge >= 0.3 is 6.03 Å². The number of benzodiazepines with no additional fused rings is 1. The van der Waals surface area contributed by atoms with Gasteiger partial charge in [0.15, 0.2) is 0 Å². The van der Waals surface area contributed by atoms with E-state index in [1.165, 1.54) is 17.0 Å². The van der Waals surface area contributed by atoms with Crippen LogP contribution in [0.1, 0.15) is 16.7 Å². The SMILES string of the molecule is Cc1ccc([N+](=O)[O-])cc1NC(=O)N[C@@H]1N=C(c2ccccc2)c2ccccc2N(C)C1=O. The lowest BCUT2D eigenvalue weighted by Gasteiger charge is -2.21. The van der Waals surface area contributed by atoms with E-state index in [9.17, 15) is 19.7 Å². The van der Waals surface area contributed by atoms with Crippen molar-refractivity contribution in [2.45, 2.75) is 13.1 Å². The molecule has 0 aliphatic carbocycles. The zero-order valence-corrected chi connectivity index (χ0v) is 18.0. The molecule has 3 amide bonds. The van der Waals surface area contributed by atoms with Crippen molar-refractivity contribution in [2.75, 3.05) is 17.3 Å². The van der Waals surface area contributed by atoms with E-state index in [1.54, 1.807) is 20.0 Å². The van der Waals surface area contributed by atoms with Crippen molar-refractivity contribution in [1.29, 1.82) is 0 Å². The Kier molecular flexibility index (Phi) is 5.86. The van der Waals surface area contributed by atoms with Gasteiger partial charge in [-0.25, -0.2) is 9.79 Å². The van der Waals surface area contributed by atoms with Gasteiger partial charge in [0.2, 0.25) is 6.17 Å². The number of likely N-dealkylation sites (N-methyl/N-ethyl adjacent to an activating group) is 1. The summed E-state index contributed by atoms with van der Waals surface area (Å²) in [4.78, 5) is 42.5. The number of anilines is 2. The lowest BCUT2D eigenvalue weighted by Crippen LogP contribution is -2.47. The summed E-state index contributed by atoms with van der Waals surface area (Å²) in [6, 6.07) is 20.2. The van der Waals surface area contributed by atoms with Gasteiger partial charge < -0.3 is 15.5 Å². The molecule has 0 bridgehead atoms. The molecular formula is C24H21N5O4. The minimum atomic E-state index is -1.20. The number of amides is 3. The molecular weight excluding hydrogens is 422 g/mol. The van der Waals surface area contributed by atoms with Gasteiger partial charge in [0, 0.05) is 30.3 Å². The minimum absolute atomic E-state index is 0.152. The van der Waals surface area contributed by atoms with Gasteiger partial charge in [0.05, 0.1) is 22.0 Å². The first-order chi connectivity index (χ1) is 15.8. The normalized spacial score (nSPS) is 15.2.